The molecule has 2 unspecified atom stereocenters. The van der Waals surface area contributed by atoms with E-state index in [2.05, 4.69) is 18.2 Å². The van der Waals surface area contributed by atoms with Crippen LogP contribution in [0.3, 0.4) is 0 Å². The first-order valence-electron chi connectivity index (χ1n) is 3.55. The van der Waals surface area contributed by atoms with E-state index in [0.717, 1.165) is 6.42 Å². The molecule has 1 N–H and O–H groups in total. The highest BCUT2D eigenvalue weighted by atomic mass is 14.9. The summed E-state index contributed by atoms with van der Waals surface area (Å²) in [6.07, 6.45) is 8.96. The predicted molar refractivity (Wildman–Crippen MR) is 39.1 cm³/mol. The molecule has 0 aromatic carbocycles. The SMILES string of the molecule is C#CC1CCCC(C)N1. The van der Waals surface area contributed by atoms with Gasteiger partial charge in [-0.2, -0.15) is 0 Å². The Morgan fingerprint density at radius 1 is 1.56 bits per heavy atom. The first-order chi connectivity index (χ1) is 4.33. The van der Waals surface area contributed by atoms with Crippen molar-refractivity contribution in [3.63, 3.8) is 0 Å². The van der Waals surface area contributed by atoms with Gasteiger partial charge in [-0.1, -0.05) is 5.92 Å². The van der Waals surface area contributed by atoms with Crippen molar-refractivity contribution in [3.05, 3.63) is 0 Å². The number of nitrogens with one attached hydrogen (secondary N) is 1. The Morgan fingerprint density at radius 2 is 2.33 bits per heavy atom. The minimum Gasteiger partial charge on any atom is -0.301 e. The lowest BCUT2D eigenvalue weighted by molar-refractivity contribution is 0.382. The van der Waals surface area contributed by atoms with Crippen LogP contribution in [0.1, 0.15) is 26.2 Å². The van der Waals surface area contributed by atoms with Gasteiger partial charge in [0.15, 0.2) is 0 Å². The van der Waals surface area contributed by atoms with Gasteiger partial charge in [0.25, 0.3) is 0 Å². The van der Waals surface area contributed by atoms with Crippen LogP contribution in [-0.2, 0) is 0 Å². The summed E-state index contributed by atoms with van der Waals surface area (Å²) in [6, 6.07) is 0.966. The molecule has 0 amide bonds. The van der Waals surface area contributed by atoms with Crippen LogP contribution in [-0.4, -0.2) is 12.1 Å². The van der Waals surface area contributed by atoms with Crippen LogP contribution in [0, 0.1) is 12.3 Å². The Labute approximate surface area is 56.8 Å². The van der Waals surface area contributed by atoms with Crippen molar-refractivity contribution in [2.24, 2.45) is 0 Å². The standard InChI is InChI=1S/C8H13N/c1-3-8-6-4-5-7(2)9-8/h1,7-9H,4-6H2,2H3. The van der Waals surface area contributed by atoms with Crippen LogP contribution in [0.15, 0.2) is 0 Å². The number of rotatable bonds is 0. The van der Waals surface area contributed by atoms with Crippen molar-refractivity contribution in [3.8, 4) is 12.3 Å². The second-order valence-electron chi connectivity index (χ2n) is 2.72. The van der Waals surface area contributed by atoms with Crippen molar-refractivity contribution in [1.82, 2.24) is 5.32 Å². The highest BCUT2D eigenvalue weighted by Crippen LogP contribution is 2.10. The van der Waals surface area contributed by atoms with Crippen molar-refractivity contribution in [1.29, 1.82) is 0 Å². The molecule has 1 nitrogen and oxygen atoms in total. The quantitative estimate of drug-likeness (QED) is 0.476. The van der Waals surface area contributed by atoms with E-state index in [4.69, 9.17) is 6.42 Å². The van der Waals surface area contributed by atoms with Crippen molar-refractivity contribution >= 4 is 0 Å². The van der Waals surface area contributed by atoms with Gasteiger partial charge < -0.3 is 5.32 Å². The van der Waals surface area contributed by atoms with Gasteiger partial charge >= 0.3 is 0 Å². The number of piperidine rings is 1. The van der Waals surface area contributed by atoms with E-state index in [0.29, 0.717) is 12.1 Å². The van der Waals surface area contributed by atoms with Gasteiger partial charge in [0.1, 0.15) is 0 Å². The minimum atomic E-state index is 0.341. The summed E-state index contributed by atoms with van der Waals surface area (Å²) in [4.78, 5) is 0. The third-order valence-corrected chi connectivity index (χ3v) is 1.82. The molecule has 1 fully saturated rings. The summed E-state index contributed by atoms with van der Waals surface area (Å²) in [5.41, 5.74) is 0. The van der Waals surface area contributed by atoms with E-state index in [-0.39, 0.29) is 0 Å². The maximum atomic E-state index is 5.25. The van der Waals surface area contributed by atoms with Crippen LogP contribution in [0.5, 0.6) is 0 Å². The summed E-state index contributed by atoms with van der Waals surface area (Å²) in [5.74, 6) is 2.72. The van der Waals surface area contributed by atoms with E-state index < -0.39 is 0 Å². The van der Waals surface area contributed by atoms with Crippen LogP contribution in [0.25, 0.3) is 0 Å². The van der Waals surface area contributed by atoms with Crippen LogP contribution < -0.4 is 5.32 Å². The molecule has 50 valence electrons. The average molecular weight is 123 g/mol. The van der Waals surface area contributed by atoms with E-state index in [9.17, 15) is 0 Å². The molecule has 1 aliphatic heterocycles. The second kappa shape index (κ2) is 2.89. The second-order valence-corrected chi connectivity index (χ2v) is 2.72. The third kappa shape index (κ3) is 1.73. The summed E-state index contributed by atoms with van der Waals surface area (Å²) in [6.45, 7) is 2.18. The molecule has 0 spiro atoms. The molecule has 0 saturated carbocycles. The molecule has 0 aromatic rings. The van der Waals surface area contributed by atoms with E-state index >= 15 is 0 Å². The monoisotopic (exact) mass is 123 g/mol. The summed E-state index contributed by atoms with van der Waals surface area (Å²) in [5, 5.41) is 3.33. The largest absolute Gasteiger partial charge is 0.301 e. The molecule has 1 heterocycles. The van der Waals surface area contributed by atoms with Crippen molar-refractivity contribution in [2.75, 3.05) is 0 Å². The molecule has 0 aromatic heterocycles. The van der Waals surface area contributed by atoms with Gasteiger partial charge in [-0.15, -0.1) is 6.42 Å². The summed E-state index contributed by atoms with van der Waals surface area (Å²) < 4.78 is 0. The molecule has 0 aliphatic carbocycles. The van der Waals surface area contributed by atoms with Gasteiger partial charge in [0.2, 0.25) is 0 Å². The fourth-order valence-corrected chi connectivity index (χ4v) is 1.27. The molecule has 1 saturated heterocycles. The molecule has 2 atom stereocenters. The zero-order valence-corrected chi connectivity index (χ0v) is 5.85. The van der Waals surface area contributed by atoms with Crippen molar-refractivity contribution < 1.29 is 0 Å². The van der Waals surface area contributed by atoms with E-state index in [1.807, 2.05) is 0 Å². The van der Waals surface area contributed by atoms with Gasteiger partial charge in [-0.3, -0.25) is 0 Å². The lowest BCUT2D eigenvalue weighted by Crippen LogP contribution is -2.39. The van der Waals surface area contributed by atoms with Gasteiger partial charge in [-0.05, 0) is 26.2 Å². The first-order valence-corrected chi connectivity index (χ1v) is 3.55. The highest BCUT2D eigenvalue weighted by molar-refractivity contribution is 5.01. The lowest BCUT2D eigenvalue weighted by Gasteiger charge is -2.24. The molecule has 1 rings (SSSR count). The lowest BCUT2D eigenvalue weighted by atomic mass is 10.0. The van der Waals surface area contributed by atoms with Gasteiger partial charge in [-0.25, -0.2) is 0 Å². The topological polar surface area (TPSA) is 12.0 Å². The zero-order chi connectivity index (χ0) is 6.69. The number of terminal acetylenes is 1. The normalized spacial score (nSPS) is 35.6. The fraction of sp³-hybridized carbons (Fsp3) is 0.750. The third-order valence-electron chi connectivity index (χ3n) is 1.82. The van der Waals surface area contributed by atoms with Crippen molar-refractivity contribution in [2.45, 2.75) is 38.3 Å². The van der Waals surface area contributed by atoms with Crippen LogP contribution in [0.2, 0.25) is 0 Å². The maximum Gasteiger partial charge on any atom is 0.0688 e. The maximum absolute atomic E-state index is 5.25. The van der Waals surface area contributed by atoms with Gasteiger partial charge in [0, 0.05) is 6.04 Å². The first kappa shape index (κ1) is 6.64. The minimum absolute atomic E-state index is 0.341. The molecular weight excluding hydrogens is 110 g/mol. The Balaban J connectivity index is 2.34. The molecule has 1 aliphatic rings. The predicted octanol–water partition coefficient (Wildman–Crippen LogP) is 1.15. The Hall–Kier alpha value is -0.480. The molecule has 0 radical (unpaired) electrons. The number of hydrogen-bond donors (Lipinski definition) is 1. The summed E-state index contributed by atoms with van der Waals surface area (Å²) in [7, 11) is 0. The Bertz CT molecular complexity index is 123. The molecule has 9 heavy (non-hydrogen) atoms. The molecule has 1 heteroatoms. The number of hydrogen-bond acceptors (Lipinski definition) is 1. The molecule has 0 bridgehead atoms. The van der Waals surface area contributed by atoms with E-state index in [1.54, 1.807) is 0 Å². The average Bonchev–Trinajstić information content (AvgIpc) is 1.88. The van der Waals surface area contributed by atoms with Crippen LogP contribution >= 0.6 is 0 Å². The van der Waals surface area contributed by atoms with Crippen LogP contribution in [0.4, 0.5) is 0 Å². The Morgan fingerprint density at radius 3 is 2.78 bits per heavy atom. The Kier molecular flexibility index (Phi) is 2.13. The molecular formula is C8H13N. The highest BCUT2D eigenvalue weighted by Gasteiger charge is 2.14. The zero-order valence-electron chi connectivity index (χ0n) is 5.85. The smallest absolute Gasteiger partial charge is 0.0688 e. The van der Waals surface area contributed by atoms with Gasteiger partial charge in [0.05, 0.1) is 6.04 Å². The van der Waals surface area contributed by atoms with E-state index in [1.165, 1.54) is 12.8 Å². The fourth-order valence-electron chi connectivity index (χ4n) is 1.27. The summed E-state index contributed by atoms with van der Waals surface area (Å²) >= 11 is 0.